The molecule has 21 heavy (non-hydrogen) atoms. The number of hydrogen-bond donors (Lipinski definition) is 1. The van der Waals surface area contributed by atoms with E-state index in [1.807, 2.05) is 17.9 Å². The number of hydrogen-bond acceptors (Lipinski definition) is 3. The van der Waals surface area contributed by atoms with E-state index in [9.17, 15) is 0 Å². The third kappa shape index (κ3) is 3.73. The van der Waals surface area contributed by atoms with Gasteiger partial charge in [0.1, 0.15) is 0 Å². The summed E-state index contributed by atoms with van der Waals surface area (Å²) in [5.74, 6) is 0. The van der Waals surface area contributed by atoms with Crippen LogP contribution < -0.4 is 5.32 Å². The normalized spacial score (nSPS) is 12.6. The van der Waals surface area contributed by atoms with Crippen molar-refractivity contribution in [3.8, 4) is 0 Å². The van der Waals surface area contributed by atoms with Gasteiger partial charge in [0.25, 0.3) is 0 Å². The molecular formula is C16H22BrN3O. The zero-order valence-electron chi connectivity index (χ0n) is 12.8. The molecule has 0 radical (unpaired) electrons. The summed E-state index contributed by atoms with van der Waals surface area (Å²) in [6, 6.07) is 8.83. The minimum absolute atomic E-state index is 0.102. The van der Waals surface area contributed by atoms with Crippen molar-refractivity contribution in [3.63, 3.8) is 0 Å². The SMILES string of the molecule is CCc1ccc(C(NC)c2c(Br)cnn2CCOC)cc1. The molecule has 2 aromatic rings. The van der Waals surface area contributed by atoms with Crippen molar-refractivity contribution in [2.75, 3.05) is 20.8 Å². The van der Waals surface area contributed by atoms with Crippen molar-refractivity contribution < 1.29 is 4.74 Å². The van der Waals surface area contributed by atoms with E-state index in [1.54, 1.807) is 7.11 Å². The molecule has 0 amide bonds. The van der Waals surface area contributed by atoms with Gasteiger partial charge in [-0.25, -0.2) is 0 Å². The predicted molar refractivity (Wildman–Crippen MR) is 88.5 cm³/mol. The summed E-state index contributed by atoms with van der Waals surface area (Å²) < 4.78 is 8.16. The highest BCUT2D eigenvalue weighted by molar-refractivity contribution is 9.10. The van der Waals surface area contributed by atoms with Gasteiger partial charge < -0.3 is 10.1 Å². The lowest BCUT2D eigenvalue weighted by Gasteiger charge is -2.19. The number of nitrogens with zero attached hydrogens (tertiary/aromatic N) is 2. The molecule has 114 valence electrons. The molecule has 1 aromatic heterocycles. The molecule has 0 bridgehead atoms. The quantitative estimate of drug-likeness (QED) is 0.832. The number of benzene rings is 1. The van der Waals surface area contributed by atoms with Crippen LogP contribution >= 0.6 is 15.9 Å². The molecular weight excluding hydrogens is 330 g/mol. The molecule has 1 N–H and O–H groups in total. The highest BCUT2D eigenvalue weighted by Crippen LogP contribution is 2.28. The zero-order chi connectivity index (χ0) is 15.2. The van der Waals surface area contributed by atoms with Gasteiger partial charge in [0.05, 0.1) is 35.6 Å². The van der Waals surface area contributed by atoms with Crippen molar-refractivity contribution in [2.45, 2.75) is 25.9 Å². The van der Waals surface area contributed by atoms with Crippen LogP contribution in [0.15, 0.2) is 34.9 Å². The fourth-order valence-electron chi connectivity index (χ4n) is 2.42. The number of rotatable bonds is 7. The maximum absolute atomic E-state index is 5.16. The molecule has 1 atom stereocenters. The molecule has 0 aliphatic rings. The third-order valence-electron chi connectivity index (χ3n) is 3.62. The number of methoxy groups -OCH3 is 1. The average Bonchev–Trinajstić information content (AvgIpc) is 2.88. The van der Waals surface area contributed by atoms with Gasteiger partial charge in [-0.1, -0.05) is 31.2 Å². The molecule has 5 heteroatoms. The molecule has 0 saturated heterocycles. The Balaban J connectivity index is 2.33. The van der Waals surface area contributed by atoms with Crippen LogP contribution in [0.2, 0.25) is 0 Å². The zero-order valence-corrected chi connectivity index (χ0v) is 14.4. The second-order valence-corrected chi connectivity index (χ2v) is 5.76. The van der Waals surface area contributed by atoms with Crippen molar-refractivity contribution in [2.24, 2.45) is 0 Å². The summed E-state index contributed by atoms with van der Waals surface area (Å²) >= 11 is 3.61. The second kappa shape index (κ2) is 7.73. The summed E-state index contributed by atoms with van der Waals surface area (Å²) in [7, 11) is 3.68. The van der Waals surface area contributed by atoms with Crippen molar-refractivity contribution in [1.29, 1.82) is 0 Å². The van der Waals surface area contributed by atoms with Crippen molar-refractivity contribution in [1.82, 2.24) is 15.1 Å². The van der Waals surface area contributed by atoms with Gasteiger partial charge in [-0.05, 0) is 40.5 Å². The lowest BCUT2D eigenvalue weighted by molar-refractivity contribution is 0.182. The first kappa shape index (κ1) is 16.2. The van der Waals surface area contributed by atoms with Gasteiger partial charge in [-0.2, -0.15) is 5.10 Å². The first-order valence-corrected chi connectivity index (χ1v) is 7.96. The van der Waals surface area contributed by atoms with Crippen LogP contribution in [0.1, 0.15) is 29.8 Å². The number of aryl methyl sites for hydroxylation is 1. The summed E-state index contributed by atoms with van der Waals surface area (Å²) in [6.07, 6.45) is 2.90. The first-order chi connectivity index (χ1) is 10.2. The Morgan fingerprint density at radius 1 is 1.33 bits per heavy atom. The average molecular weight is 352 g/mol. The molecule has 1 aromatic carbocycles. The van der Waals surface area contributed by atoms with Crippen LogP contribution in [0, 0.1) is 0 Å². The Bertz CT molecular complexity index is 565. The van der Waals surface area contributed by atoms with Crippen LogP contribution in [0.25, 0.3) is 0 Å². The summed E-state index contributed by atoms with van der Waals surface area (Å²) in [4.78, 5) is 0. The van der Waals surface area contributed by atoms with E-state index in [-0.39, 0.29) is 6.04 Å². The highest BCUT2D eigenvalue weighted by atomic mass is 79.9. The molecule has 0 saturated carbocycles. The predicted octanol–water partition coefficient (Wildman–Crippen LogP) is 3.16. The molecule has 2 rings (SSSR count). The fourth-order valence-corrected chi connectivity index (χ4v) is 2.95. The van der Waals surface area contributed by atoms with E-state index >= 15 is 0 Å². The number of aromatic nitrogens is 2. The lowest BCUT2D eigenvalue weighted by atomic mass is 10.0. The van der Waals surface area contributed by atoms with E-state index in [4.69, 9.17) is 4.74 Å². The number of halogens is 1. The topological polar surface area (TPSA) is 39.1 Å². The van der Waals surface area contributed by atoms with E-state index in [2.05, 4.69) is 57.5 Å². The summed E-state index contributed by atoms with van der Waals surface area (Å²) in [5, 5.41) is 7.82. The molecule has 1 unspecified atom stereocenters. The monoisotopic (exact) mass is 351 g/mol. The van der Waals surface area contributed by atoms with Crippen LogP contribution in [0.3, 0.4) is 0 Å². The molecule has 0 aliphatic carbocycles. The highest BCUT2D eigenvalue weighted by Gasteiger charge is 2.20. The van der Waals surface area contributed by atoms with Gasteiger partial charge in [0, 0.05) is 7.11 Å². The van der Waals surface area contributed by atoms with Gasteiger partial charge in [-0.15, -0.1) is 0 Å². The molecule has 1 heterocycles. The standard InChI is InChI=1S/C16H22BrN3O/c1-4-12-5-7-13(8-6-12)15(18-2)16-14(17)11-19-20(16)9-10-21-3/h5-8,11,15,18H,4,9-10H2,1-3H3. The van der Waals surface area contributed by atoms with Crippen molar-refractivity contribution in [3.05, 3.63) is 51.8 Å². The van der Waals surface area contributed by atoms with E-state index in [1.165, 1.54) is 11.1 Å². The maximum atomic E-state index is 5.16. The van der Waals surface area contributed by atoms with Gasteiger partial charge in [0.15, 0.2) is 0 Å². The summed E-state index contributed by atoms with van der Waals surface area (Å²) in [5.41, 5.74) is 3.70. The minimum Gasteiger partial charge on any atom is -0.383 e. The van der Waals surface area contributed by atoms with Crippen LogP contribution in [0.4, 0.5) is 0 Å². The Morgan fingerprint density at radius 2 is 2.05 bits per heavy atom. The van der Waals surface area contributed by atoms with Gasteiger partial charge >= 0.3 is 0 Å². The molecule has 0 fully saturated rings. The maximum Gasteiger partial charge on any atom is 0.0757 e. The minimum atomic E-state index is 0.102. The smallest absolute Gasteiger partial charge is 0.0757 e. The fraction of sp³-hybridized carbons (Fsp3) is 0.438. The third-order valence-corrected chi connectivity index (χ3v) is 4.23. The number of ether oxygens (including phenoxy) is 1. The van der Waals surface area contributed by atoms with Crippen LogP contribution in [-0.2, 0) is 17.7 Å². The van der Waals surface area contributed by atoms with E-state index in [0.717, 1.165) is 23.1 Å². The van der Waals surface area contributed by atoms with Crippen molar-refractivity contribution >= 4 is 15.9 Å². The largest absolute Gasteiger partial charge is 0.383 e. The Kier molecular flexibility index (Phi) is 5.96. The van der Waals surface area contributed by atoms with Crippen LogP contribution in [-0.4, -0.2) is 30.5 Å². The Morgan fingerprint density at radius 3 is 2.62 bits per heavy atom. The number of nitrogens with one attached hydrogen (secondary N) is 1. The molecule has 4 nitrogen and oxygen atoms in total. The van der Waals surface area contributed by atoms with E-state index < -0.39 is 0 Å². The van der Waals surface area contributed by atoms with Gasteiger partial charge in [-0.3, -0.25) is 4.68 Å². The Labute approximate surface area is 134 Å². The first-order valence-electron chi connectivity index (χ1n) is 7.17. The second-order valence-electron chi connectivity index (χ2n) is 4.91. The van der Waals surface area contributed by atoms with Gasteiger partial charge in [0.2, 0.25) is 0 Å². The van der Waals surface area contributed by atoms with Crippen LogP contribution in [0.5, 0.6) is 0 Å². The molecule has 0 aliphatic heterocycles. The Hall–Kier alpha value is -1.17. The van der Waals surface area contributed by atoms with E-state index in [0.29, 0.717) is 6.61 Å². The lowest BCUT2D eigenvalue weighted by Crippen LogP contribution is -2.23. The molecule has 0 spiro atoms. The summed E-state index contributed by atoms with van der Waals surface area (Å²) in [6.45, 7) is 3.55.